The highest BCUT2D eigenvalue weighted by molar-refractivity contribution is 5.84. The van der Waals surface area contributed by atoms with Crippen molar-refractivity contribution in [3.05, 3.63) is 24.3 Å². The standard InChI is InChI=1S/C8H8N4O/c1-12-7-4-9-3-2-6(7)11-8(12)5-10-13/h2-5,13H,1H3/b10-5+. The molecule has 5 heteroatoms. The average molecular weight is 176 g/mol. The summed E-state index contributed by atoms with van der Waals surface area (Å²) in [5.41, 5.74) is 1.75. The van der Waals surface area contributed by atoms with Crippen LogP contribution in [0.3, 0.4) is 0 Å². The molecule has 0 unspecified atom stereocenters. The van der Waals surface area contributed by atoms with Gasteiger partial charge in [0.25, 0.3) is 0 Å². The van der Waals surface area contributed by atoms with E-state index in [4.69, 9.17) is 5.21 Å². The molecular formula is C8H8N4O. The Kier molecular flexibility index (Phi) is 1.70. The second-order valence-corrected chi connectivity index (χ2v) is 2.64. The van der Waals surface area contributed by atoms with Crippen molar-refractivity contribution in [3.8, 4) is 0 Å². The number of rotatable bonds is 1. The van der Waals surface area contributed by atoms with Gasteiger partial charge in [-0.3, -0.25) is 4.98 Å². The second-order valence-electron chi connectivity index (χ2n) is 2.64. The van der Waals surface area contributed by atoms with Gasteiger partial charge in [0.15, 0.2) is 5.82 Å². The van der Waals surface area contributed by atoms with E-state index in [1.165, 1.54) is 6.21 Å². The summed E-state index contributed by atoms with van der Waals surface area (Å²) in [4.78, 5) is 8.19. The highest BCUT2D eigenvalue weighted by atomic mass is 16.4. The van der Waals surface area contributed by atoms with Crippen molar-refractivity contribution in [2.45, 2.75) is 0 Å². The van der Waals surface area contributed by atoms with Crippen LogP contribution in [0.4, 0.5) is 0 Å². The summed E-state index contributed by atoms with van der Waals surface area (Å²) in [5, 5.41) is 11.3. The lowest BCUT2D eigenvalue weighted by Gasteiger charge is -1.93. The number of aryl methyl sites for hydroxylation is 1. The van der Waals surface area contributed by atoms with Crippen molar-refractivity contribution in [2.75, 3.05) is 0 Å². The largest absolute Gasteiger partial charge is 0.411 e. The fraction of sp³-hybridized carbons (Fsp3) is 0.125. The topological polar surface area (TPSA) is 63.3 Å². The van der Waals surface area contributed by atoms with Crippen LogP contribution in [-0.4, -0.2) is 26.0 Å². The number of hydrogen-bond donors (Lipinski definition) is 1. The van der Waals surface area contributed by atoms with Gasteiger partial charge in [-0.1, -0.05) is 5.16 Å². The third-order valence-corrected chi connectivity index (χ3v) is 1.89. The first-order valence-corrected chi connectivity index (χ1v) is 3.77. The predicted octanol–water partition coefficient (Wildman–Crippen LogP) is 0.776. The molecule has 5 nitrogen and oxygen atoms in total. The van der Waals surface area contributed by atoms with E-state index in [9.17, 15) is 0 Å². The molecule has 0 saturated carbocycles. The summed E-state index contributed by atoms with van der Waals surface area (Å²) in [6, 6.07) is 1.81. The van der Waals surface area contributed by atoms with Gasteiger partial charge in [-0.25, -0.2) is 4.98 Å². The van der Waals surface area contributed by atoms with Crippen molar-refractivity contribution in [1.82, 2.24) is 14.5 Å². The molecule has 0 aliphatic rings. The Bertz CT molecular complexity index is 460. The quantitative estimate of drug-likeness (QED) is 0.396. The fourth-order valence-corrected chi connectivity index (χ4v) is 1.22. The van der Waals surface area contributed by atoms with Crippen LogP contribution in [-0.2, 0) is 7.05 Å². The molecule has 2 aromatic rings. The first kappa shape index (κ1) is 7.72. The zero-order chi connectivity index (χ0) is 9.26. The van der Waals surface area contributed by atoms with E-state index in [1.807, 2.05) is 17.7 Å². The van der Waals surface area contributed by atoms with Gasteiger partial charge in [-0.15, -0.1) is 0 Å². The van der Waals surface area contributed by atoms with E-state index >= 15 is 0 Å². The SMILES string of the molecule is Cn1c(/C=N/O)nc2ccncc21. The van der Waals surface area contributed by atoms with Crippen LogP contribution in [0.2, 0.25) is 0 Å². The number of fused-ring (bicyclic) bond motifs is 1. The molecule has 2 rings (SSSR count). The van der Waals surface area contributed by atoms with Crippen molar-refractivity contribution >= 4 is 17.2 Å². The zero-order valence-electron chi connectivity index (χ0n) is 7.05. The van der Waals surface area contributed by atoms with Crippen LogP contribution in [0, 0.1) is 0 Å². The molecule has 0 fully saturated rings. The van der Waals surface area contributed by atoms with Crippen LogP contribution in [0.25, 0.3) is 11.0 Å². The monoisotopic (exact) mass is 176 g/mol. The molecule has 0 aliphatic carbocycles. The normalized spacial score (nSPS) is 11.5. The summed E-state index contributed by atoms with van der Waals surface area (Å²) in [7, 11) is 1.84. The van der Waals surface area contributed by atoms with Crippen LogP contribution < -0.4 is 0 Å². The first-order valence-electron chi connectivity index (χ1n) is 3.77. The van der Waals surface area contributed by atoms with Gasteiger partial charge in [-0.05, 0) is 6.07 Å². The zero-order valence-corrected chi connectivity index (χ0v) is 7.05. The number of imidazole rings is 1. The molecule has 0 spiro atoms. The molecule has 2 heterocycles. The number of hydrogen-bond acceptors (Lipinski definition) is 4. The summed E-state index contributed by atoms with van der Waals surface area (Å²) >= 11 is 0. The van der Waals surface area contributed by atoms with Gasteiger partial charge in [0.1, 0.15) is 6.21 Å². The maximum Gasteiger partial charge on any atom is 0.155 e. The van der Waals surface area contributed by atoms with Gasteiger partial charge in [-0.2, -0.15) is 0 Å². The van der Waals surface area contributed by atoms with E-state index in [0.29, 0.717) is 5.82 Å². The number of oxime groups is 1. The Labute approximate surface area is 74.3 Å². The van der Waals surface area contributed by atoms with E-state index < -0.39 is 0 Å². The van der Waals surface area contributed by atoms with Crippen LogP contribution in [0.15, 0.2) is 23.6 Å². The molecule has 0 radical (unpaired) electrons. The summed E-state index contributed by atoms with van der Waals surface area (Å²) in [6.07, 6.45) is 4.69. The summed E-state index contributed by atoms with van der Waals surface area (Å²) < 4.78 is 1.81. The third kappa shape index (κ3) is 1.14. The van der Waals surface area contributed by atoms with Crippen LogP contribution >= 0.6 is 0 Å². The van der Waals surface area contributed by atoms with Gasteiger partial charge >= 0.3 is 0 Å². The maximum atomic E-state index is 8.37. The minimum atomic E-state index is 0.602. The fourth-order valence-electron chi connectivity index (χ4n) is 1.22. The average Bonchev–Trinajstić information content (AvgIpc) is 2.46. The number of nitrogens with zero attached hydrogens (tertiary/aromatic N) is 4. The van der Waals surface area contributed by atoms with Crippen LogP contribution in [0.1, 0.15) is 5.82 Å². The predicted molar refractivity (Wildman–Crippen MR) is 47.9 cm³/mol. The lowest BCUT2D eigenvalue weighted by molar-refractivity contribution is 0.321. The minimum Gasteiger partial charge on any atom is -0.411 e. The Morgan fingerprint density at radius 3 is 3.15 bits per heavy atom. The van der Waals surface area contributed by atoms with Crippen molar-refractivity contribution in [2.24, 2.45) is 12.2 Å². The van der Waals surface area contributed by atoms with Gasteiger partial charge in [0.05, 0.1) is 17.2 Å². The van der Waals surface area contributed by atoms with Gasteiger partial charge < -0.3 is 9.77 Å². The van der Waals surface area contributed by atoms with Gasteiger partial charge in [0, 0.05) is 13.2 Å². The first-order chi connectivity index (χ1) is 6.33. The second kappa shape index (κ2) is 2.85. The molecule has 0 atom stereocenters. The van der Waals surface area contributed by atoms with Crippen molar-refractivity contribution in [1.29, 1.82) is 0 Å². The lowest BCUT2D eigenvalue weighted by Crippen LogP contribution is -1.95. The Balaban J connectivity index is 2.73. The molecule has 13 heavy (non-hydrogen) atoms. The Morgan fingerprint density at radius 1 is 1.62 bits per heavy atom. The summed E-state index contributed by atoms with van der Waals surface area (Å²) in [6.45, 7) is 0. The molecule has 0 saturated heterocycles. The molecular weight excluding hydrogens is 168 g/mol. The Morgan fingerprint density at radius 2 is 2.46 bits per heavy atom. The molecule has 0 aromatic carbocycles. The molecule has 2 aromatic heterocycles. The van der Waals surface area contributed by atoms with E-state index in [-0.39, 0.29) is 0 Å². The maximum absolute atomic E-state index is 8.37. The molecule has 0 aliphatic heterocycles. The highest BCUT2D eigenvalue weighted by Crippen LogP contribution is 2.11. The summed E-state index contributed by atoms with van der Waals surface area (Å²) in [5.74, 6) is 0.602. The van der Waals surface area contributed by atoms with E-state index in [2.05, 4.69) is 15.1 Å². The number of aromatic nitrogens is 3. The molecule has 0 amide bonds. The molecule has 0 bridgehead atoms. The highest BCUT2D eigenvalue weighted by Gasteiger charge is 2.04. The Hall–Kier alpha value is -1.91. The molecule has 1 N–H and O–H groups in total. The van der Waals surface area contributed by atoms with E-state index in [1.54, 1.807) is 12.4 Å². The van der Waals surface area contributed by atoms with Crippen LogP contribution in [0.5, 0.6) is 0 Å². The van der Waals surface area contributed by atoms with Gasteiger partial charge in [0.2, 0.25) is 0 Å². The lowest BCUT2D eigenvalue weighted by atomic mass is 10.4. The van der Waals surface area contributed by atoms with E-state index in [0.717, 1.165) is 11.0 Å². The number of pyridine rings is 1. The third-order valence-electron chi connectivity index (χ3n) is 1.89. The molecule has 66 valence electrons. The van der Waals surface area contributed by atoms with Crippen molar-refractivity contribution in [3.63, 3.8) is 0 Å². The van der Waals surface area contributed by atoms with Crippen molar-refractivity contribution < 1.29 is 5.21 Å². The minimum absolute atomic E-state index is 0.602. The smallest absolute Gasteiger partial charge is 0.155 e.